The molecule has 1 aromatic rings. The molecule has 0 bridgehead atoms. The molecular formula is C6H7Cl2NO. The van der Waals surface area contributed by atoms with Gasteiger partial charge in [0.05, 0.1) is 22.6 Å². The van der Waals surface area contributed by atoms with Crippen molar-refractivity contribution in [2.75, 3.05) is 5.73 Å². The number of halogens is 2. The van der Waals surface area contributed by atoms with Crippen molar-refractivity contribution in [1.29, 1.82) is 0 Å². The number of anilines is 1. The van der Waals surface area contributed by atoms with Crippen molar-refractivity contribution in [3.63, 3.8) is 0 Å². The van der Waals surface area contributed by atoms with E-state index in [0.29, 0.717) is 10.7 Å². The largest absolute Gasteiger partial charge is 0.398 e. The maximum atomic E-state index is 6.47. The van der Waals surface area contributed by atoms with Gasteiger partial charge in [-0.1, -0.05) is 23.7 Å². The zero-order valence-electron chi connectivity index (χ0n) is 5.09. The fourth-order valence-corrected chi connectivity index (χ4v) is 0.611. The van der Waals surface area contributed by atoms with E-state index in [1.165, 1.54) is 0 Å². The van der Waals surface area contributed by atoms with E-state index in [1.54, 1.807) is 12.1 Å². The van der Waals surface area contributed by atoms with Gasteiger partial charge < -0.3 is 5.73 Å². The lowest BCUT2D eigenvalue weighted by Gasteiger charge is -1.91. The normalized spacial score (nSPS) is 7.90. The van der Waals surface area contributed by atoms with E-state index in [0.717, 1.165) is 0 Å². The van der Waals surface area contributed by atoms with Gasteiger partial charge in [-0.3, -0.25) is 4.66 Å². The molecule has 1 rings (SSSR count). The van der Waals surface area contributed by atoms with Crippen molar-refractivity contribution >= 4 is 29.2 Å². The molecule has 0 spiro atoms. The van der Waals surface area contributed by atoms with Gasteiger partial charge in [0, 0.05) is 0 Å². The Morgan fingerprint density at radius 3 is 2.00 bits per heavy atom. The maximum absolute atomic E-state index is 6.47. The molecule has 1 aromatic carbocycles. The Kier molecular flexibility index (Phi) is 5.12. The minimum absolute atomic E-state index is 0.618. The third-order valence-corrected chi connectivity index (χ3v) is 1.25. The van der Waals surface area contributed by atoms with E-state index < -0.39 is 0 Å². The summed E-state index contributed by atoms with van der Waals surface area (Å²) >= 11 is 9.22. The molecule has 0 saturated heterocycles. The Hall–Kier alpha value is -0.440. The minimum Gasteiger partial charge on any atom is -0.398 e. The summed E-state index contributed by atoms with van der Waals surface area (Å²) in [5.74, 6) is 0. The Balaban J connectivity index is 0.000000371. The summed E-state index contributed by atoms with van der Waals surface area (Å²) in [6, 6.07) is 7.22. The van der Waals surface area contributed by atoms with Crippen LogP contribution >= 0.6 is 23.5 Å². The number of benzene rings is 1. The number of nitrogen functional groups attached to an aromatic ring is 1. The second-order valence-corrected chi connectivity index (χ2v) is 1.93. The molecule has 0 aliphatic rings. The van der Waals surface area contributed by atoms with Crippen LogP contribution in [-0.4, -0.2) is 4.66 Å². The van der Waals surface area contributed by atoms with Crippen LogP contribution < -0.4 is 5.73 Å². The van der Waals surface area contributed by atoms with Crippen molar-refractivity contribution in [1.82, 2.24) is 0 Å². The van der Waals surface area contributed by atoms with Crippen LogP contribution in [0, 0.1) is 0 Å². The van der Waals surface area contributed by atoms with E-state index in [-0.39, 0.29) is 0 Å². The summed E-state index contributed by atoms with van der Waals surface area (Å²) in [5, 5.41) is 0.618. The highest BCUT2D eigenvalue weighted by Gasteiger charge is 1.87. The second-order valence-electron chi connectivity index (χ2n) is 1.52. The summed E-state index contributed by atoms with van der Waals surface area (Å²) in [7, 11) is 0. The molecule has 0 amide bonds. The number of nitrogens with two attached hydrogens (primary N) is 1. The van der Waals surface area contributed by atoms with E-state index >= 15 is 0 Å². The van der Waals surface area contributed by atoms with Crippen molar-refractivity contribution in [2.24, 2.45) is 0 Å². The van der Waals surface area contributed by atoms with Gasteiger partial charge in [-0.05, 0) is 12.1 Å². The van der Waals surface area contributed by atoms with Gasteiger partial charge >= 0.3 is 0 Å². The highest BCUT2D eigenvalue weighted by atomic mass is 35.5. The molecule has 4 heteroatoms. The predicted octanol–water partition coefficient (Wildman–Crippen LogP) is 2.05. The van der Waals surface area contributed by atoms with Crippen molar-refractivity contribution in [3.8, 4) is 0 Å². The maximum Gasteiger partial charge on any atom is 0.0635 e. The highest BCUT2D eigenvalue weighted by molar-refractivity contribution is 6.33. The van der Waals surface area contributed by atoms with E-state index in [2.05, 4.69) is 11.9 Å². The first-order valence-electron chi connectivity index (χ1n) is 2.47. The lowest BCUT2D eigenvalue weighted by molar-refractivity contribution is 0.632. The van der Waals surface area contributed by atoms with Crippen LogP contribution in [0.2, 0.25) is 5.02 Å². The zero-order chi connectivity index (χ0) is 7.98. The van der Waals surface area contributed by atoms with Crippen LogP contribution in [0.5, 0.6) is 0 Å². The van der Waals surface area contributed by atoms with Crippen LogP contribution in [-0.2, 0) is 0 Å². The van der Waals surface area contributed by atoms with Crippen LogP contribution in [0.15, 0.2) is 24.3 Å². The number of hydrogen-bond acceptors (Lipinski definition) is 2. The molecule has 56 valence electrons. The van der Waals surface area contributed by atoms with Crippen LogP contribution in [0.1, 0.15) is 0 Å². The van der Waals surface area contributed by atoms with E-state index in [4.69, 9.17) is 22.0 Å². The summed E-state index contributed by atoms with van der Waals surface area (Å²) in [6.45, 7) is 0. The fraction of sp³-hybridized carbons (Fsp3) is 0. The van der Waals surface area contributed by atoms with Gasteiger partial charge in [0.1, 0.15) is 0 Å². The molecule has 0 aromatic heterocycles. The topological polar surface area (TPSA) is 46.2 Å². The standard InChI is InChI=1S/C6H6ClN.ClHO/c7-5-3-1-2-4-6(5)8;1-2/h1-4H,8H2;2H. The molecule has 0 unspecified atom stereocenters. The smallest absolute Gasteiger partial charge is 0.0635 e. The summed E-state index contributed by atoms with van der Waals surface area (Å²) < 4.78 is 6.47. The van der Waals surface area contributed by atoms with Crippen molar-refractivity contribution in [3.05, 3.63) is 29.3 Å². The zero-order valence-corrected chi connectivity index (χ0v) is 6.60. The Morgan fingerprint density at radius 1 is 1.20 bits per heavy atom. The van der Waals surface area contributed by atoms with E-state index in [9.17, 15) is 0 Å². The Labute approximate surface area is 69.4 Å². The average Bonchev–Trinajstić information content (AvgIpc) is 2.00. The molecule has 0 atom stereocenters. The van der Waals surface area contributed by atoms with Crippen LogP contribution in [0.25, 0.3) is 0 Å². The van der Waals surface area contributed by atoms with Crippen LogP contribution in [0.3, 0.4) is 0 Å². The molecule has 0 saturated carbocycles. The van der Waals surface area contributed by atoms with Gasteiger partial charge in [-0.15, -0.1) is 0 Å². The summed E-state index contributed by atoms with van der Waals surface area (Å²) in [6.07, 6.45) is 0. The predicted molar refractivity (Wildman–Crippen MR) is 43.9 cm³/mol. The highest BCUT2D eigenvalue weighted by Crippen LogP contribution is 2.15. The van der Waals surface area contributed by atoms with E-state index in [1.807, 2.05) is 12.1 Å². The Morgan fingerprint density at radius 2 is 1.70 bits per heavy atom. The molecule has 0 radical (unpaired) electrons. The molecule has 0 heterocycles. The lowest BCUT2D eigenvalue weighted by atomic mass is 10.3. The SMILES string of the molecule is Nc1ccccc1Cl.OCl. The average molecular weight is 180 g/mol. The quantitative estimate of drug-likeness (QED) is 0.600. The first kappa shape index (κ1) is 9.56. The molecule has 0 aliphatic heterocycles. The first-order valence-corrected chi connectivity index (χ1v) is 3.19. The molecular weight excluding hydrogens is 173 g/mol. The Bertz CT molecular complexity index is 172. The van der Waals surface area contributed by atoms with Gasteiger partial charge in [0.15, 0.2) is 0 Å². The minimum atomic E-state index is 0.618. The molecule has 0 fully saturated rings. The molecule has 0 aliphatic carbocycles. The van der Waals surface area contributed by atoms with Crippen LogP contribution in [0.4, 0.5) is 5.69 Å². The third-order valence-electron chi connectivity index (χ3n) is 0.905. The van der Waals surface area contributed by atoms with Crippen molar-refractivity contribution in [2.45, 2.75) is 0 Å². The number of para-hydroxylation sites is 1. The summed E-state index contributed by atoms with van der Waals surface area (Å²) in [4.78, 5) is 0. The molecule has 2 nitrogen and oxygen atoms in total. The van der Waals surface area contributed by atoms with Crippen molar-refractivity contribution < 1.29 is 4.66 Å². The summed E-state index contributed by atoms with van der Waals surface area (Å²) in [5.41, 5.74) is 6.02. The third kappa shape index (κ3) is 2.92. The van der Waals surface area contributed by atoms with Gasteiger partial charge in [0.25, 0.3) is 0 Å². The first-order chi connectivity index (χ1) is 4.80. The lowest BCUT2D eigenvalue weighted by Crippen LogP contribution is -1.82. The molecule has 10 heavy (non-hydrogen) atoms. The second kappa shape index (κ2) is 5.35. The van der Waals surface area contributed by atoms with Gasteiger partial charge in [-0.2, -0.15) is 0 Å². The monoisotopic (exact) mass is 179 g/mol. The van der Waals surface area contributed by atoms with Gasteiger partial charge in [0.2, 0.25) is 0 Å². The van der Waals surface area contributed by atoms with Gasteiger partial charge in [-0.25, -0.2) is 0 Å². The molecule has 3 N–H and O–H groups in total. The number of rotatable bonds is 0. The fourth-order valence-electron chi connectivity index (χ4n) is 0.475. The number of hydrogen-bond donors (Lipinski definition) is 2.